The first kappa shape index (κ1) is 16.9. The third-order valence-corrected chi connectivity index (χ3v) is 3.04. The molecule has 7 heteroatoms. The van der Waals surface area contributed by atoms with E-state index in [1.807, 2.05) is 13.8 Å². The number of nitrogens with one attached hydrogen (secondary N) is 1. The number of carbonyl (C=O) groups is 1. The number of nitro groups is 1. The van der Waals surface area contributed by atoms with Crippen molar-refractivity contribution < 1.29 is 14.5 Å². The Morgan fingerprint density at radius 1 is 1.43 bits per heavy atom. The van der Waals surface area contributed by atoms with Crippen LogP contribution in [0.1, 0.15) is 24.2 Å². The van der Waals surface area contributed by atoms with Crippen LogP contribution in [-0.2, 0) is 4.74 Å². The van der Waals surface area contributed by atoms with Crippen LogP contribution in [0.15, 0.2) is 18.2 Å². The fourth-order valence-electron chi connectivity index (χ4n) is 1.95. The molecular weight excluding hydrogens is 274 g/mol. The van der Waals surface area contributed by atoms with Crippen LogP contribution in [0, 0.1) is 10.1 Å². The van der Waals surface area contributed by atoms with Gasteiger partial charge in [0.2, 0.25) is 0 Å². The molecule has 0 atom stereocenters. The molecule has 0 aliphatic heterocycles. The highest BCUT2D eigenvalue weighted by atomic mass is 16.6. The third kappa shape index (κ3) is 4.42. The Kier molecular flexibility index (Phi) is 6.61. The van der Waals surface area contributed by atoms with E-state index in [1.54, 1.807) is 12.0 Å². The second-order valence-electron chi connectivity index (χ2n) is 4.40. The van der Waals surface area contributed by atoms with Gasteiger partial charge in [-0.05, 0) is 26.0 Å². The maximum atomic E-state index is 12.4. The van der Waals surface area contributed by atoms with Crippen LogP contribution in [0.5, 0.6) is 0 Å². The smallest absolute Gasteiger partial charge is 0.292 e. The van der Waals surface area contributed by atoms with E-state index in [-0.39, 0.29) is 11.6 Å². The van der Waals surface area contributed by atoms with E-state index in [4.69, 9.17) is 4.74 Å². The van der Waals surface area contributed by atoms with Gasteiger partial charge in [-0.1, -0.05) is 0 Å². The van der Waals surface area contributed by atoms with Crippen molar-refractivity contribution in [3.8, 4) is 0 Å². The number of rotatable bonds is 8. The molecule has 0 aliphatic rings. The van der Waals surface area contributed by atoms with Crippen molar-refractivity contribution in [1.29, 1.82) is 0 Å². The highest BCUT2D eigenvalue weighted by molar-refractivity contribution is 5.96. The van der Waals surface area contributed by atoms with Crippen LogP contribution < -0.4 is 5.32 Å². The molecule has 1 amide bonds. The van der Waals surface area contributed by atoms with E-state index in [2.05, 4.69) is 5.32 Å². The summed E-state index contributed by atoms with van der Waals surface area (Å²) in [5.41, 5.74) is 0.749. The van der Waals surface area contributed by atoms with E-state index in [1.165, 1.54) is 18.2 Å². The summed E-state index contributed by atoms with van der Waals surface area (Å²) >= 11 is 0. The van der Waals surface area contributed by atoms with Gasteiger partial charge in [0, 0.05) is 38.4 Å². The van der Waals surface area contributed by atoms with Crippen molar-refractivity contribution in [2.75, 3.05) is 38.7 Å². The molecule has 0 aromatic heterocycles. The van der Waals surface area contributed by atoms with Crippen molar-refractivity contribution in [3.05, 3.63) is 33.9 Å². The molecule has 1 aromatic carbocycles. The number of nitro benzene ring substituents is 1. The molecule has 1 aromatic rings. The van der Waals surface area contributed by atoms with Crippen LogP contribution in [0.2, 0.25) is 0 Å². The molecule has 1 N–H and O–H groups in total. The number of hydrogen-bond donors (Lipinski definition) is 1. The number of anilines is 1. The zero-order chi connectivity index (χ0) is 15.8. The summed E-state index contributed by atoms with van der Waals surface area (Å²) in [4.78, 5) is 24.5. The first-order chi connectivity index (χ1) is 10.0. The molecule has 1 rings (SSSR count). The Bertz CT molecular complexity index is 505. The lowest BCUT2D eigenvalue weighted by molar-refractivity contribution is -0.384. The monoisotopic (exact) mass is 295 g/mol. The number of hydrogen-bond acceptors (Lipinski definition) is 5. The average molecular weight is 295 g/mol. The Hall–Kier alpha value is -2.15. The van der Waals surface area contributed by atoms with Crippen molar-refractivity contribution in [3.63, 3.8) is 0 Å². The van der Waals surface area contributed by atoms with E-state index >= 15 is 0 Å². The normalized spacial score (nSPS) is 10.2. The zero-order valence-corrected chi connectivity index (χ0v) is 12.6. The highest BCUT2D eigenvalue weighted by Gasteiger charge is 2.19. The molecule has 0 saturated carbocycles. The largest absolute Gasteiger partial charge is 0.383 e. The molecule has 0 radical (unpaired) electrons. The average Bonchev–Trinajstić information content (AvgIpc) is 2.47. The molecule has 116 valence electrons. The fourth-order valence-corrected chi connectivity index (χ4v) is 1.95. The summed E-state index contributed by atoms with van der Waals surface area (Å²) in [6, 6.07) is 4.37. The number of likely N-dealkylation sites (N-methyl/N-ethyl adjacent to an activating group) is 1. The summed E-state index contributed by atoms with van der Waals surface area (Å²) < 4.78 is 4.98. The summed E-state index contributed by atoms with van der Waals surface area (Å²) in [6.07, 6.45) is 0. The first-order valence-corrected chi connectivity index (χ1v) is 6.85. The van der Waals surface area contributed by atoms with Crippen molar-refractivity contribution in [2.45, 2.75) is 13.8 Å². The van der Waals surface area contributed by atoms with Crippen LogP contribution in [0.3, 0.4) is 0 Å². The van der Waals surface area contributed by atoms with Gasteiger partial charge in [0.15, 0.2) is 0 Å². The van der Waals surface area contributed by atoms with Crippen LogP contribution >= 0.6 is 0 Å². The van der Waals surface area contributed by atoms with E-state index in [0.29, 0.717) is 37.5 Å². The minimum Gasteiger partial charge on any atom is -0.383 e. The quantitative estimate of drug-likeness (QED) is 0.586. The Morgan fingerprint density at radius 3 is 2.67 bits per heavy atom. The Labute approximate surface area is 124 Å². The van der Waals surface area contributed by atoms with Crippen LogP contribution in [0.25, 0.3) is 0 Å². The molecule has 0 heterocycles. The SMILES string of the molecule is CCNc1cc(C(=O)N(CC)CCOC)ccc1[N+](=O)[O-]. The summed E-state index contributed by atoms with van der Waals surface area (Å²) in [5.74, 6) is -0.163. The molecule has 0 bridgehead atoms. The molecule has 0 unspecified atom stereocenters. The van der Waals surface area contributed by atoms with E-state index < -0.39 is 4.92 Å². The predicted octanol–water partition coefficient (Wildman–Crippen LogP) is 2.14. The van der Waals surface area contributed by atoms with Crippen molar-refractivity contribution in [1.82, 2.24) is 4.90 Å². The van der Waals surface area contributed by atoms with E-state index in [0.717, 1.165) is 0 Å². The number of benzene rings is 1. The minimum absolute atomic E-state index is 0.0339. The molecule has 0 fully saturated rings. The van der Waals surface area contributed by atoms with Crippen LogP contribution in [0.4, 0.5) is 11.4 Å². The second kappa shape index (κ2) is 8.21. The van der Waals surface area contributed by atoms with Crippen molar-refractivity contribution in [2.24, 2.45) is 0 Å². The third-order valence-electron chi connectivity index (χ3n) is 3.04. The number of amides is 1. The van der Waals surface area contributed by atoms with Gasteiger partial charge in [-0.25, -0.2) is 0 Å². The van der Waals surface area contributed by atoms with Gasteiger partial charge in [0.1, 0.15) is 5.69 Å². The fraction of sp³-hybridized carbons (Fsp3) is 0.500. The van der Waals surface area contributed by atoms with Gasteiger partial charge in [-0.2, -0.15) is 0 Å². The highest BCUT2D eigenvalue weighted by Crippen LogP contribution is 2.25. The van der Waals surface area contributed by atoms with Gasteiger partial charge < -0.3 is 15.0 Å². The summed E-state index contributed by atoms with van der Waals surface area (Å²) in [5, 5.41) is 13.9. The maximum absolute atomic E-state index is 12.4. The zero-order valence-electron chi connectivity index (χ0n) is 12.6. The molecular formula is C14H21N3O4. The minimum atomic E-state index is -0.464. The summed E-state index contributed by atoms with van der Waals surface area (Å²) in [7, 11) is 1.58. The van der Waals surface area contributed by atoms with Gasteiger partial charge in [-0.15, -0.1) is 0 Å². The lowest BCUT2D eigenvalue weighted by Gasteiger charge is -2.20. The molecule has 21 heavy (non-hydrogen) atoms. The first-order valence-electron chi connectivity index (χ1n) is 6.85. The molecule has 0 saturated heterocycles. The van der Waals surface area contributed by atoms with Crippen molar-refractivity contribution >= 4 is 17.3 Å². The van der Waals surface area contributed by atoms with Crippen LogP contribution in [-0.4, -0.2) is 49.1 Å². The number of carbonyl (C=O) groups excluding carboxylic acids is 1. The maximum Gasteiger partial charge on any atom is 0.292 e. The lowest BCUT2D eigenvalue weighted by atomic mass is 10.1. The Balaban J connectivity index is 3.03. The topological polar surface area (TPSA) is 84.7 Å². The van der Waals surface area contributed by atoms with Gasteiger partial charge in [-0.3, -0.25) is 14.9 Å². The standard InChI is InChI=1S/C14H21N3O4/c1-4-15-12-10-11(6-7-13(12)17(19)20)14(18)16(5-2)8-9-21-3/h6-7,10,15H,4-5,8-9H2,1-3H3. The molecule has 0 aliphatic carbocycles. The van der Waals surface area contributed by atoms with Gasteiger partial charge in [0.05, 0.1) is 11.5 Å². The van der Waals surface area contributed by atoms with Gasteiger partial charge in [0.25, 0.3) is 11.6 Å². The predicted molar refractivity (Wildman–Crippen MR) is 80.7 cm³/mol. The van der Waals surface area contributed by atoms with Gasteiger partial charge >= 0.3 is 0 Å². The second-order valence-corrected chi connectivity index (χ2v) is 4.40. The van der Waals surface area contributed by atoms with E-state index in [9.17, 15) is 14.9 Å². The molecule has 0 spiro atoms. The number of ether oxygens (including phenoxy) is 1. The summed E-state index contributed by atoms with van der Waals surface area (Å²) in [6.45, 7) is 5.75. The number of methoxy groups -OCH3 is 1. The molecule has 7 nitrogen and oxygen atoms in total. The number of nitrogens with zero attached hydrogens (tertiary/aromatic N) is 2. The Morgan fingerprint density at radius 2 is 2.14 bits per heavy atom. The lowest BCUT2D eigenvalue weighted by Crippen LogP contribution is -2.33.